The summed E-state index contributed by atoms with van der Waals surface area (Å²) in [4.78, 5) is 0. The van der Waals surface area contributed by atoms with Gasteiger partial charge in [0, 0.05) is 0 Å². The summed E-state index contributed by atoms with van der Waals surface area (Å²) in [7, 11) is 11.3. The van der Waals surface area contributed by atoms with Crippen LogP contribution in [0, 0.1) is 0 Å². The van der Waals surface area contributed by atoms with Crippen LogP contribution < -0.4 is 0 Å². The quantitative estimate of drug-likeness (QED) is 0.593. The van der Waals surface area contributed by atoms with Gasteiger partial charge < -0.3 is 0 Å². The van der Waals surface area contributed by atoms with E-state index in [1.54, 1.807) is 0 Å². The molecule has 8 heavy (non-hydrogen) atoms. The third-order valence-electron chi connectivity index (χ3n) is 0.935. The molecule has 0 spiro atoms. The van der Waals surface area contributed by atoms with E-state index in [0.29, 0.717) is 0 Å². The molecule has 0 atom stereocenters. The summed E-state index contributed by atoms with van der Waals surface area (Å²) >= 11 is -1.36. The topological polar surface area (TPSA) is 0 Å². The maximum absolute atomic E-state index is 5.67. The van der Waals surface area contributed by atoms with Crippen LogP contribution in [-0.2, 0) is 12.3 Å². The molecule has 0 amide bonds. The molecule has 0 heterocycles. The van der Waals surface area contributed by atoms with Crippen LogP contribution in [0.3, 0.4) is 0 Å². The molecular formula is C5H5Cl2Cr. The zero-order valence-corrected chi connectivity index (χ0v) is 6.89. The van der Waals surface area contributed by atoms with Crippen molar-refractivity contribution in [2.24, 2.45) is 0 Å². The van der Waals surface area contributed by atoms with Gasteiger partial charge in [-0.05, 0) is 0 Å². The zero-order chi connectivity index (χ0) is 5.98. The molecule has 0 N–H and O–H groups in total. The van der Waals surface area contributed by atoms with Crippen LogP contribution in [0.25, 0.3) is 0 Å². The Hall–Kier alpha value is 0.592. The van der Waals surface area contributed by atoms with E-state index in [9.17, 15) is 0 Å². The van der Waals surface area contributed by atoms with Crippen molar-refractivity contribution in [2.75, 3.05) is 0 Å². The fraction of sp³-hybridized carbons (Fsp3) is 0.200. The Morgan fingerprint density at radius 1 is 1.50 bits per heavy atom. The number of allylic oxidation sites excluding steroid dienone is 4. The molecule has 0 bridgehead atoms. The molecule has 1 rings (SSSR count). The van der Waals surface area contributed by atoms with Gasteiger partial charge in [0.2, 0.25) is 0 Å². The summed E-state index contributed by atoms with van der Waals surface area (Å²) in [6.07, 6.45) is 7.04. The van der Waals surface area contributed by atoms with Gasteiger partial charge >= 0.3 is 61.5 Å². The molecule has 3 heteroatoms. The minimum absolute atomic E-state index is 0.970. The number of rotatable bonds is 1. The van der Waals surface area contributed by atoms with Crippen LogP contribution in [-0.4, -0.2) is 0 Å². The van der Waals surface area contributed by atoms with E-state index in [0.717, 1.165) is 6.42 Å². The molecule has 0 radical (unpaired) electrons. The summed E-state index contributed by atoms with van der Waals surface area (Å²) in [5.74, 6) is 0. The Bertz CT molecular complexity index is 137. The Balaban J connectivity index is 2.51. The second kappa shape index (κ2) is 2.94. The minimum atomic E-state index is -1.36. The molecule has 0 saturated carbocycles. The fourth-order valence-electron chi connectivity index (χ4n) is 0.542. The molecular weight excluding hydrogens is 183 g/mol. The fourth-order valence-corrected chi connectivity index (χ4v) is 2.12. The van der Waals surface area contributed by atoms with E-state index < -0.39 is 12.3 Å². The predicted octanol–water partition coefficient (Wildman–Crippen LogP) is 2.76. The average Bonchev–Trinajstić information content (AvgIpc) is 2.12. The van der Waals surface area contributed by atoms with Crippen molar-refractivity contribution in [1.82, 2.24) is 0 Å². The second-order valence-electron chi connectivity index (χ2n) is 1.48. The Labute approximate surface area is 61.6 Å². The molecule has 45 valence electrons. The third-order valence-corrected chi connectivity index (χ3v) is 3.66. The molecule has 0 aromatic carbocycles. The number of hydrogen-bond acceptors (Lipinski definition) is 0. The van der Waals surface area contributed by atoms with Crippen LogP contribution >= 0.6 is 20.1 Å². The monoisotopic (exact) mass is 187 g/mol. The zero-order valence-electron chi connectivity index (χ0n) is 4.10. The third kappa shape index (κ3) is 1.53. The van der Waals surface area contributed by atoms with Crippen molar-refractivity contribution < 1.29 is 12.3 Å². The van der Waals surface area contributed by atoms with Gasteiger partial charge in [-0.3, -0.25) is 0 Å². The van der Waals surface area contributed by atoms with Crippen molar-refractivity contribution in [3.05, 3.63) is 22.7 Å². The molecule has 0 fully saturated rings. The van der Waals surface area contributed by atoms with Crippen molar-refractivity contribution >= 4 is 20.1 Å². The molecule has 1 aliphatic rings. The SMILES string of the molecule is [Cl][Cr]([Cl])[C]1=CC=CC1. The van der Waals surface area contributed by atoms with Gasteiger partial charge in [0.25, 0.3) is 0 Å². The van der Waals surface area contributed by atoms with E-state index >= 15 is 0 Å². The van der Waals surface area contributed by atoms with Crippen LogP contribution in [0.4, 0.5) is 0 Å². The van der Waals surface area contributed by atoms with Gasteiger partial charge in [0.05, 0.1) is 0 Å². The van der Waals surface area contributed by atoms with Gasteiger partial charge in [-0.15, -0.1) is 0 Å². The van der Waals surface area contributed by atoms with E-state index in [-0.39, 0.29) is 0 Å². The summed E-state index contributed by atoms with van der Waals surface area (Å²) in [5.41, 5.74) is 0. The standard InChI is InChI=1S/C5H5.2ClH.Cr/c1-2-4-5-3-1;;;/h1-3H,4H2;2*1H;/q;;;+2/p-2. The molecule has 0 nitrogen and oxygen atoms in total. The van der Waals surface area contributed by atoms with Gasteiger partial charge in [0.15, 0.2) is 0 Å². The first kappa shape index (κ1) is 6.71. The van der Waals surface area contributed by atoms with Crippen LogP contribution in [0.2, 0.25) is 0 Å². The van der Waals surface area contributed by atoms with Gasteiger partial charge in [-0.2, -0.15) is 0 Å². The van der Waals surface area contributed by atoms with Crippen molar-refractivity contribution in [3.63, 3.8) is 0 Å². The summed E-state index contributed by atoms with van der Waals surface area (Å²) in [5, 5.41) is 0. The van der Waals surface area contributed by atoms with Gasteiger partial charge in [-0.25, -0.2) is 0 Å². The Morgan fingerprint density at radius 2 is 2.25 bits per heavy atom. The molecule has 0 saturated heterocycles. The summed E-state index contributed by atoms with van der Waals surface area (Å²) in [6, 6.07) is 0. The normalized spacial score (nSPS) is 17.6. The van der Waals surface area contributed by atoms with E-state index in [1.165, 1.54) is 4.44 Å². The number of halogens is 2. The van der Waals surface area contributed by atoms with E-state index in [1.807, 2.05) is 12.2 Å². The molecule has 0 unspecified atom stereocenters. The van der Waals surface area contributed by atoms with Gasteiger partial charge in [-0.1, -0.05) is 0 Å². The molecule has 0 aromatic heterocycles. The van der Waals surface area contributed by atoms with Crippen LogP contribution in [0.5, 0.6) is 0 Å². The predicted molar refractivity (Wildman–Crippen MR) is 33.5 cm³/mol. The summed E-state index contributed by atoms with van der Waals surface area (Å²) in [6.45, 7) is 0. The van der Waals surface area contributed by atoms with Crippen molar-refractivity contribution in [1.29, 1.82) is 0 Å². The molecule has 0 aromatic rings. The first-order valence-corrected chi connectivity index (χ1v) is 6.38. The van der Waals surface area contributed by atoms with E-state index in [4.69, 9.17) is 20.1 Å². The van der Waals surface area contributed by atoms with E-state index in [2.05, 4.69) is 6.08 Å². The number of hydrogen-bond donors (Lipinski definition) is 0. The average molecular weight is 188 g/mol. The molecule has 0 aliphatic heterocycles. The Kier molecular flexibility index (Phi) is 2.47. The maximum atomic E-state index is 5.67. The Morgan fingerprint density at radius 3 is 2.50 bits per heavy atom. The first-order chi connectivity index (χ1) is 3.80. The summed E-state index contributed by atoms with van der Waals surface area (Å²) < 4.78 is 1.22. The second-order valence-corrected chi connectivity index (χ2v) is 6.16. The van der Waals surface area contributed by atoms with Crippen molar-refractivity contribution in [2.45, 2.75) is 6.42 Å². The van der Waals surface area contributed by atoms with Gasteiger partial charge in [0.1, 0.15) is 0 Å². The molecule has 1 aliphatic carbocycles. The van der Waals surface area contributed by atoms with Crippen LogP contribution in [0.1, 0.15) is 6.42 Å². The van der Waals surface area contributed by atoms with Crippen molar-refractivity contribution in [3.8, 4) is 0 Å². The van der Waals surface area contributed by atoms with Crippen LogP contribution in [0.15, 0.2) is 22.7 Å². The first-order valence-electron chi connectivity index (χ1n) is 2.23.